The number of alkyl carbamates (subject to hydrolysis) is 1. The lowest BCUT2D eigenvalue weighted by Gasteiger charge is -2.37. The highest BCUT2D eigenvalue weighted by atomic mass is 16.5. The van der Waals surface area contributed by atoms with E-state index in [1.807, 2.05) is 54.6 Å². The maximum atomic E-state index is 13.1. The third-order valence-corrected chi connectivity index (χ3v) is 7.28. The SMILES string of the molecule is O=C(O)CCN(Cc1ccccc1)C(=O)C1CC(NC(=O)OCC2c3ccccc3-c3ccccc32)C1. The molecule has 0 aromatic heterocycles. The fourth-order valence-corrected chi connectivity index (χ4v) is 5.30. The lowest BCUT2D eigenvalue weighted by Crippen LogP contribution is -2.50. The van der Waals surface area contributed by atoms with E-state index in [-0.39, 0.29) is 43.4 Å². The van der Waals surface area contributed by atoms with Gasteiger partial charge in [0.1, 0.15) is 6.61 Å². The van der Waals surface area contributed by atoms with Crippen LogP contribution in [0.1, 0.15) is 41.9 Å². The molecule has 2 aliphatic rings. The van der Waals surface area contributed by atoms with Crippen LogP contribution >= 0.6 is 0 Å². The number of amides is 2. The zero-order valence-electron chi connectivity index (χ0n) is 20.5. The Balaban J connectivity index is 1.13. The Labute approximate surface area is 216 Å². The maximum Gasteiger partial charge on any atom is 0.407 e. The van der Waals surface area contributed by atoms with E-state index >= 15 is 0 Å². The molecule has 0 saturated heterocycles. The summed E-state index contributed by atoms with van der Waals surface area (Å²) in [5.74, 6) is -1.25. The summed E-state index contributed by atoms with van der Waals surface area (Å²) in [6.07, 6.45) is 0.444. The van der Waals surface area contributed by atoms with Crippen LogP contribution in [-0.4, -0.2) is 47.2 Å². The highest BCUT2D eigenvalue weighted by Crippen LogP contribution is 2.44. The molecule has 3 aromatic rings. The molecule has 0 heterocycles. The zero-order valence-corrected chi connectivity index (χ0v) is 20.5. The minimum absolute atomic E-state index is 0.00496. The van der Waals surface area contributed by atoms with Crippen molar-refractivity contribution in [2.24, 2.45) is 5.92 Å². The number of carbonyl (C=O) groups is 3. The standard InChI is InChI=1S/C30H30N2O5/c33-28(34)14-15-32(18-20-8-2-1-3-9-20)29(35)21-16-22(17-21)31-30(36)37-19-27-25-12-6-4-10-23(25)24-11-5-7-13-26(24)27/h1-13,21-22,27H,14-19H2,(H,31,36)(H,33,34). The fraction of sp³-hybridized carbons (Fsp3) is 0.300. The van der Waals surface area contributed by atoms with E-state index < -0.39 is 12.1 Å². The van der Waals surface area contributed by atoms with E-state index in [1.54, 1.807) is 4.90 Å². The number of ether oxygens (including phenoxy) is 1. The van der Waals surface area contributed by atoms with Crippen LogP contribution < -0.4 is 5.32 Å². The van der Waals surface area contributed by atoms with Gasteiger partial charge in [-0.1, -0.05) is 78.9 Å². The fourth-order valence-electron chi connectivity index (χ4n) is 5.30. The molecule has 5 rings (SSSR count). The van der Waals surface area contributed by atoms with Crippen molar-refractivity contribution in [2.75, 3.05) is 13.2 Å². The van der Waals surface area contributed by atoms with Crippen LogP contribution in [0.15, 0.2) is 78.9 Å². The van der Waals surface area contributed by atoms with Gasteiger partial charge in [-0.3, -0.25) is 9.59 Å². The van der Waals surface area contributed by atoms with E-state index in [9.17, 15) is 14.4 Å². The quantitative estimate of drug-likeness (QED) is 0.442. The van der Waals surface area contributed by atoms with Gasteiger partial charge >= 0.3 is 12.1 Å². The van der Waals surface area contributed by atoms with Gasteiger partial charge in [-0.25, -0.2) is 4.79 Å². The molecule has 3 aromatic carbocycles. The van der Waals surface area contributed by atoms with E-state index in [0.717, 1.165) is 16.7 Å². The Kier molecular flexibility index (Phi) is 7.21. The normalized spacial score (nSPS) is 17.7. The molecule has 7 nitrogen and oxygen atoms in total. The molecule has 0 radical (unpaired) electrons. The van der Waals surface area contributed by atoms with Crippen LogP contribution in [-0.2, 0) is 20.9 Å². The van der Waals surface area contributed by atoms with Crippen molar-refractivity contribution in [3.05, 3.63) is 95.6 Å². The molecule has 190 valence electrons. The maximum absolute atomic E-state index is 13.1. The van der Waals surface area contributed by atoms with E-state index in [4.69, 9.17) is 9.84 Å². The number of carboxylic acid groups (broad SMARTS) is 1. The summed E-state index contributed by atoms with van der Waals surface area (Å²) in [6, 6.07) is 25.8. The Bertz CT molecular complexity index is 1240. The van der Waals surface area contributed by atoms with Gasteiger partial charge in [0.15, 0.2) is 0 Å². The van der Waals surface area contributed by atoms with Gasteiger partial charge in [-0.05, 0) is 40.7 Å². The van der Waals surface area contributed by atoms with Gasteiger partial charge in [0, 0.05) is 31.0 Å². The van der Waals surface area contributed by atoms with Crippen molar-refractivity contribution in [1.29, 1.82) is 0 Å². The molecular formula is C30H30N2O5. The highest BCUT2D eigenvalue weighted by Gasteiger charge is 2.38. The molecule has 7 heteroatoms. The summed E-state index contributed by atoms with van der Waals surface area (Å²) in [4.78, 5) is 38.4. The molecular weight excluding hydrogens is 468 g/mol. The number of carboxylic acids is 1. The van der Waals surface area contributed by atoms with Crippen LogP contribution in [0.2, 0.25) is 0 Å². The van der Waals surface area contributed by atoms with Crippen molar-refractivity contribution in [2.45, 2.75) is 37.8 Å². The molecule has 0 spiro atoms. The second-order valence-corrected chi connectivity index (χ2v) is 9.72. The van der Waals surface area contributed by atoms with E-state index in [1.165, 1.54) is 11.1 Å². The summed E-state index contributed by atoms with van der Waals surface area (Å²) in [5, 5.41) is 12.0. The number of nitrogens with zero attached hydrogens (tertiary/aromatic N) is 1. The van der Waals surface area contributed by atoms with Gasteiger partial charge < -0.3 is 20.1 Å². The first-order valence-corrected chi connectivity index (χ1v) is 12.7. The third kappa shape index (κ3) is 5.50. The number of benzene rings is 3. The lowest BCUT2D eigenvalue weighted by molar-refractivity contribution is -0.142. The van der Waals surface area contributed by atoms with E-state index in [0.29, 0.717) is 19.4 Å². The second kappa shape index (κ2) is 10.9. The number of hydrogen-bond acceptors (Lipinski definition) is 4. The van der Waals surface area contributed by atoms with Crippen molar-refractivity contribution >= 4 is 18.0 Å². The molecule has 0 atom stereocenters. The van der Waals surface area contributed by atoms with Crippen molar-refractivity contribution < 1.29 is 24.2 Å². The first kappa shape index (κ1) is 24.6. The number of fused-ring (bicyclic) bond motifs is 3. The largest absolute Gasteiger partial charge is 0.481 e. The van der Waals surface area contributed by atoms with Crippen LogP contribution in [0, 0.1) is 5.92 Å². The minimum Gasteiger partial charge on any atom is -0.481 e. The molecule has 37 heavy (non-hydrogen) atoms. The molecule has 0 aliphatic heterocycles. The molecule has 2 aliphatic carbocycles. The van der Waals surface area contributed by atoms with Gasteiger partial charge in [0.2, 0.25) is 5.91 Å². The monoisotopic (exact) mass is 498 g/mol. The van der Waals surface area contributed by atoms with Crippen LogP contribution in [0.5, 0.6) is 0 Å². The van der Waals surface area contributed by atoms with Crippen molar-refractivity contribution in [3.8, 4) is 11.1 Å². The summed E-state index contributed by atoms with van der Waals surface area (Å²) < 4.78 is 5.62. The summed E-state index contributed by atoms with van der Waals surface area (Å²) in [6.45, 7) is 0.771. The molecule has 2 N–H and O–H groups in total. The topological polar surface area (TPSA) is 95.9 Å². The number of rotatable bonds is 9. The summed E-state index contributed by atoms with van der Waals surface area (Å²) in [5.41, 5.74) is 5.62. The lowest BCUT2D eigenvalue weighted by atomic mass is 9.79. The Hall–Kier alpha value is -4.13. The summed E-state index contributed by atoms with van der Waals surface area (Å²) >= 11 is 0. The molecule has 1 saturated carbocycles. The Morgan fingerprint density at radius 3 is 2.08 bits per heavy atom. The van der Waals surface area contributed by atoms with Crippen LogP contribution in [0.3, 0.4) is 0 Å². The first-order valence-electron chi connectivity index (χ1n) is 12.7. The predicted molar refractivity (Wildman–Crippen MR) is 139 cm³/mol. The molecule has 0 unspecified atom stereocenters. The summed E-state index contributed by atoms with van der Waals surface area (Å²) in [7, 11) is 0. The predicted octanol–water partition coefficient (Wildman–Crippen LogP) is 4.81. The minimum atomic E-state index is -0.936. The number of aliphatic carboxylic acids is 1. The van der Waals surface area contributed by atoms with Crippen molar-refractivity contribution in [1.82, 2.24) is 10.2 Å². The number of carbonyl (C=O) groups excluding carboxylic acids is 2. The second-order valence-electron chi connectivity index (χ2n) is 9.72. The molecule has 1 fully saturated rings. The number of hydrogen-bond donors (Lipinski definition) is 2. The first-order chi connectivity index (χ1) is 18.0. The van der Waals surface area contributed by atoms with Gasteiger partial charge in [-0.15, -0.1) is 0 Å². The van der Waals surface area contributed by atoms with E-state index in [2.05, 4.69) is 29.6 Å². The number of nitrogens with one attached hydrogen (secondary N) is 1. The molecule has 0 bridgehead atoms. The Morgan fingerprint density at radius 2 is 1.46 bits per heavy atom. The molecule has 2 amide bonds. The third-order valence-electron chi connectivity index (χ3n) is 7.28. The van der Waals surface area contributed by atoms with Crippen LogP contribution in [0.25, 0.3) is 11.1 Å². The van der Waals surface area contributed by atoms with Gasteiger partial charge in [0.25, 0.3) is 0 Å². The average molecular weight is 499 g/mol. The average Bonchev–Trinajstić information content (AvgIpc) is 3.21. The smallest absolute Gasteiger partial charge is 0.407 e. The Morgan fingerprint density at radius 1 is 0.865 bits per heavy atom. The van der Waals surface area contributed by atoms with Crippen molar-refractivity contribution in [3.63, 3.8) is 0 Å². The highest BCUT2D eigenvalue weighted by molar-refractivity contribution is 5.81. The zero-order chi connectivity index (χ0) is 25.8. The van der Waals surface area contributed by atoms with Gasteiger partial charge in [0.05, 0.1) is 6.42 Å². The van der Waals surface area contributed by atoms with Crippen LogP contribution in [0.4, 0.5) is 4.79 Å². The van der Waals surface area contributed by atoms with Gasteiger partial charge in [-0.2, -0.15) is 0 Å².